The van der Waals surface area contributed by atoms with E-state index in [2.05, 4.69) is 10.6 Å². The molecule has 5 aliphatic rings. The van der Waals surface area contributed by atoms with Gasteiger partial charge in [-0.25, -0.2) is 8.78 Å². The standard InChI is InChI=1S/C25H32F5N5O4/c26-24(27)11-16-6-7-17(24)19(21(37)33-15(12-31)10-14-5-2-8-32-20(14)36)35(16)22(38)18(9-13-3-1-4-13)34-23(39)25(28,29)30/h13-19H,1-11H2,(H,32,36)(H,33,37)(H,34,39)/t14-,15-,16+,17+,18-,19+/m0/s1. The maximum atomic E-state index is 15.0. The van der Waals surface area contributed by atoms with Gasteiger partial charge in [-0.1, -0.05) is 19.3 Å². The van der Waals surface area contributed by atoms with E-state index >= 15 is 0 Å². The summed E-state index contributed by atoms with van der Waals surface area (Å²) in [6, 6.07) is -3.82. The summed E-state index contributed by atoms with van der Waals surface area (Å²) < 4.78 is 69.1. The second-order valence-electron chi connectivity index (χ2n) is 11.1. The number of alkyl halides is 5. The van der Waals surface area contributed by atoms with Gasteiger partial charge in [-0.15, -0.1) is 0 Å². The summed E-state index contributed by atoms with van der Waals surface area (Å²) in [7, 11) is 0. The molecule has 3 N–H and O–H groups in total. The normalized spacial score (nSPS) is 29.8. The molecule has 5 rings (SSSR count). The van der Waals surface area contributed by atoms with Gasteiger partial charge in [0.2, 0.25) is 17.7 Å². The molecule has 2 saturated carbocycles. The number of nitrogens with one attached hydrogen (secondary N) is 3. The quantitative estimate of drug-likeness (QED) is 0.391. The molecule has 0 aromatic rings. The van der Waals surface area contributed by atoms with Crippen molar-refractivity contribution in [2.24, 2.45) is 17.8 Å². The van der Waals surface area contributed by atoms with Crippen molar-refractivity contribution in [3.63, 3.8) is 0 Å². The summed E-state index contributed by atoms with van der Waals surface area (Å²) >= 11 is 0. The van der Waals surface area contributed by atoms with Crippen LogP contribution < -0.4 is 16.0 Å². The highest BCUT2D eigenvalue weighted by Crippen LogP contribution is 2.49. The number of halogens is 5. The largest absolute Gasteiger partial charge is 0.471 e. The van der Waals surface area contributed by atoms with E-state index in [1.165, 1.54) is 0 Å². The molecule has 4 amide bonds. The monoisotopic (exact) mass is 561 g/mol. The van der Waals surface area contributed by atoms with Gasteiger partial charge in [0.05, 0.1) is 12.0 Å². The number of carbonyl (C=O) groups excluding carboxylic acids is 4. The number of nitriles is 1. The lowest BCUT2D eigenvalue weighted by Crippen LogP contribution is -2.71. The van der Waals surface area contributed by atoms with Crippen molar-refractivity contribution in [1.29, 1.82) is 5.26 Å². The van der Waals surface area contributed by atoms with E-state index in [4.69, 9.17) is 0 Å². The highest BCUT2D eigenvalue weighted by molar-refractivity contribution is 5.94. The Labute approximate surface area is 222 Å². The number of amides is 4. The SMILES string of the molecule is N#C[C@H](C[C@@H]1CCCNC1=O)NC(=O)[C@H]1[C@H]2CC[C@H](CC2(F)F)N1C(=O)[C@H](CC1CCC1)NC(=O)C(F)(F)F. The predicted octanol–water partition coefficient (Wildman–Crippen LogP) is 2.16. The smallest absolute Gasteiger partial charge is 0.356 e. The fourth-order valence-electron chi connectivity index (χ4n) is 6.27. The number of piperidine rings is 3. The zero-order valence-corrected chi connectivity index (χ0v) is 21.2. The second kappa shape index (κ2) is 11.3. The molecular weight excluding hydrogens is 529 g/mol. The Balaban J connectivity index is 1.57. The Hall–Kier alpha value is -2.98. The van der Waals surface area contributed by atoms with Crippen LogP contribution in [-0.4, -0.2) is 71.3 Å². The second-order valence-corrected chi connectivity index (χ2v) is 11.1. The zero-order valence-electron chi connectivity index (χ0n) is 21.2. The number of hydrogen-bond acceptors (Lipinski definition) is 5. The van der Waals surface area contributed by atoms with Crippen molar-refractivity contribution in [2.75, 3.05) is 6.54 Å². The number of rotatable bonds is 8. The van der Waals surface area contributed by atoms with Crippen LogP contribution in [0.15, 0.2) is 0 Å². The van der Waals surface area contributed by atoms with Crippen LogP contribution in [0.3, 0.4) is 0 Å². The summed E-state index contributed by atoms with van der Waals surface area (Å²) in [5.74, 6) is -10.2. The van der Waals surface area contributed by atoms with Gasteiger partial charge in [0.1, 0.15) is 18.1 Å². The average Bonchev–Trinajstić information content (AvgIpc) is 2.84. The maximum Gasteiger partial charge on any atom is 0.471 e. The van der Waals surface area contributed by atoms with Crippen molar-refractivity contribution in [3.05, 3.63) is 0 Å². The van der Waals surface area contributed by atoms with Gasteiger partial charge in [-0.05, 0) is 44.4 Å². The number of nitrogens with zero attached hydrogens (tertiary/aromatic N) is 2. The molecule has 2 aliphatic carbocycles. The third kappa shape index (κ3) is 6.27. The fraction of sp³-hybridized carbons (Fsp3) is 0.800. The lowest BCUT2D eigenvalue weighted by atomic mass is 9.71. The van der Waals surface area contributed by atoms with Crippen molar-refractivity contribution < 1.29 is 41.1 Å². The zero-order chi connectivity index (χ0) is 28.5. The molecular formula is C25H32F5N5O4. The van der Waals surface area contributed by atoms with E-state index in [0.29, 0.717) is 32.2 Å². The van der Waals surface area contributed by atoms with Crippen LogP contribution in [-0.2, 0) is 19.2 Å². The molecule has 3 heterocycles. The lowest BCUT2D eigenvalue weighted by Gasteiger charge is -2.54. The van der Waals surface area contributed by atoms with E-state index < -0.39 is 72.2 Å². The van der Waals surface area contributed by atoms with Crippen molar-refractivity contribution >= 4 is 23.6 Å². The minimum atomic E-state index is -5.26. The number of hydrogen-bond donors (Lipinski definition) is 3. The molecule has 6 atom stereocenters. The molecule has 39 heavy (non-hydrogen) atoms. The molecule has 3 aliphatic heterocycles. The van der Waals surface area contributed by atoms with Crippen LogP contribution >= 0.6 is 0 Å². The molecule has 0 unspecified atom stereocenters. The third-order valence-corrected chi connectivity index (χ3v) is 8.51. The first-order valence-electron chi connectivity index (χ1n) is 13.4. The first kappa shape index (κ1) is 29.0. The van der Waals surface area contributed by atoms with Gasteiger partial charge >= 0.3 is 12.1 Å². The minimum Gasteiger partial charge on any atom is -0.356 e. The molecule has 9 nitrogen and oxygen atoms in total. The summed E-state index contributed by atoms with van der Waals surface area (Å²) in [6.45, 7) is 0.489. The Bertz CT molecular complexity index is 1030. The van der Waals surface area contributed by atoms with Crippen LogP contribution in [0, 0.1) is 29.1 Å². The Kier molecular flexibility index (Phi) is 8.37. The van der Waals surface area contributed by atoms with Crippen LogP contribution in [0.5, 0.6) is 0 Å². The molecule has 14 heteroatoms. The van der Waals surface area contributed by atoms with E-state index in [1.54, 1.807) is 5.32 Å². The highest BCUT2D eigenvalue weighted by Gasteiger charge is 2.61. The van der Waals surface area contributed by atoms with Gasteiger partial charge in [-0.3, -0.25) is 19.2 Å². The van der Waals surface area contributed by atoms with Crippen LogP contribution in [0.1, 0.15) is 64.2 Å². The molecule has 0 aromatic carbocycles. The maximum absolute atomic E-state index is 15.0. The minimum absolute atomic E-state index is 0.0504. The molecule has 2 bridgehead atoms. The van der Waals surface area contributed by atoms with Gasteiger partial charge in [-0.2, -0.15) is 18.4 Å². The summed E-state index contributed by atoms with van der Waals surface area (Å²) in [5.41, 5.74) is 0. The predicted molar refractivity (Wildman–Crippen MR) is 125 cm³/mol. The first-order valence-corrected chi connectivity index (χ1v) is 13.4. The topological polar surface area (TPSA) is 131 Å². The van der Waals surface area contributed by atoms with E-state index in [9.17, 15) is 46.4 Å². The lowest BCUT2D eigenvalue weighted by molar-refractivity contribution is -0.196. The van der Waals surface area contributed by atoms with Crippen LogP contribution in [0.25, 0.3) is 0 Å². The van der Waals surface area contributed by atoms with Gasteiger partial charge in [0.15, 0.2) is 0 Å². The molecule has 216 valence electrons. The fourth-order valence-corrected chi connectivity index (χ4v) is 6.27. The number of carbonyl (C=O) groups is 4. The van der Waals surface area contributed by atoms with Gasteiger partial charge in [0, 0.05) is 24.9 Å². The van der Waals surface area contributed by atoms with E-state index in [0.717, 1.165) is 11.3 Å². The Morgan fingerprint density at radius 3 is 2.36 bits per heavy atom. The Morgan fingerprint density at radius 2 is 1.79 bits per heavy atom. The molecule has 0 aromatic heterocycles. The number of fused-ring (bicyclic) bond motifs is 3. The molecule has 3 saturated heterocycles. The first-order chi connectivity index (χ1) is 18.3. The Morgan fingerprint density at radius 1 is 1.08 bits per heavy atom. The summed E-state index contributed by atoms with van der Waals surface area (Å²) in [4.78, 5) is 51.9. The van der Waals surface area contributed by atoms with Gasteiger partial charge in [0.25, 0.3) is 5.92 Å². The summed E-state index contributed by atoms with van der Waals surface area (Å²) in [6.07, 6.45) is -2.84. The van der Waals surface area contributed by atoms with Crippen LogP contribution in [0.4, 0.5) is 22.0 Å². The third-order valence-electron chi connectivity index (χ3n) is 8.51. The summed E-state index contributed by atoms with van der Waals surface area (Å²) in [5, 5.41) is 16.4. The van der Waals surface area contributed by atoms with Crippen LogP contribution in [0.2, 0.25) is 0 Å². The van der Waals surface area contributed by atoms with Crippen molar-refractivity contribution in [2.45, 2.75) is 100 Å². The molecule has 5 fully saturated rings. The highest BCUT2D eigenvalue weighted by atomic mass is 19.4. The molecule has 0 radical (unpaired) electrons. The van der Waals surface area contributed by atoms with E-state index in [-0.39, 0.29) is 37.5 Å². The van der Waals surface area contributed by atoms with Crippen molar-refractivity contribution in [3.8, 4) is 6.07 Å². The van der Waals surface area contributed by atoms with Gasteiger partial charge < -0.3 is 20.9 Å². The average molecular weight is 562 g/mol. The van der Waals surface area contributed by atoms with E-state index in [1.807, 2.05) is 6.07 Å². The molecule has 0 spiro atoms. The van der Waals surface area contributed by atoms with Crippen molar-refractivity contribution in [1.82, 2.24) is 20.9 Å².